The number of aromatic nitrogens is 2. The van der Waals surface area contributed by atoms with E-state index < -0.39 is 20.0 Å². The van der Waals surface area contributed by atoms with Crippen LogP contribution in [0.2, 0.25) is 0 Å². The van der Waals surface area contributed by atoms with Gasteiger partial charge in [-0.2, -0.15) is 0 Å². The summed E-state index contributed by atoms with van der Waals surface area (Å²) in [5, 5.41) is 0. The van der Waals surface area contributed by atoms with Gasteiger partial charge in [0.15, 0.2) is 0 Å². The fraction of sp³-hybridized carbons (Fsp3) is 0.0435. The van der Waals surface area contributed by atoms with Crippen LogP contribution in [-0.2, 0) is 26.5 Å². The highest BCUT2D eigenvalue weighted by Crippen LogP contribution is 2.39. The molecule has 8 nitrogen and oxygen atoms in total. The maximum atomic E-state index is 12.8. The van der Waals surface area contributed by atoms with Crippen molar-refractivity contribution in [2.45, 2.75) is 16.2 Å². The van der Waals surface area contributed by atoms with Gasteiger partial charge in [-0.1, -0.05) is 24.3 Å². The highest BCUT2D eigenvalue weighted by Gasteiger charge is 2.25. The summed E-state index contributed by atoms with van der Waals surface area (Å²) in [7, 11) is -7.63. The molecule has 33 heavy (non-hydrogen) atoms. The van der Waals surface area contributed by atoms with E-state index in [1.807, 2.05) is 0 Å². The van der Waals surface area contributed by atoms with Crippen molar-refractivity contribution in [2.24, 2.45) is 0 Å². The molecule has 0 aliphatic heterocycles. The second-order valence-corrected chi connectivity index (χ2v) is 10.8. The van der Waals surface area contributed by atoms with Crippen molar-refractivity contribution in [3.05, 3.63) is 96.3 Å². The number of nitrogens with zero attached hydrogens (tertiary/aromatic N) is 2. The number of pyridine rings is 2. The number of hydrogen-bond acceptors (Lipinski definition) is 6. The third-order valence-electron chi connectivity index (χ3n) is 5.25. The highest BCUT2D eigenvalue weighted by atomic mass is 32.2. The molecule has 10 heteroatoms. The lowest BCUT2D eigenvalue weighted by Crippen LogP contribution is -2.14. The first-order valence-electron chi connectivity index (χ1n) is 9.96. The molecule has 2 heterocycles. The number of hydrogen-bond donors (Lipinski definition) is 2. The molecule has 1 aliphatic carbocycles. The average molecular weight is 479 g/mol. The van der Waals surface area contributed by atoms with Crippen LogP contribution in [0.4, 0.5) is 11.6 Å². The van der Waals surface area contributed by atoms with E-state index in [0.29, 0.717) is 6.42 Å². The number of sulfonamides is 2. The Kier molecular flexibility index (Phi) is 5.10. The fourth-order valence-electron chi connectivity index (χ4n) is 3.74. The van der Waals surface area contributed by atoms with Crippen LogP contribution in [0, 0.1) is 0 Å². The summed E-state index contributed by atoms with van der Waals surface area (Å²) >= 11 is 0. The van der Waals surface area contributed by atoms with Gasteiger partial charge in [0.05, 0.1) is 9.79 Å². The van der Waals surface area contributed by atoms with E-state index in [1.54, 1.807) is 60.7 Å². The lowest BCUT2D eigenvalue weighted by atomic mass is 10.1. The van der Waals surface area contributed by atoms with Crippen molar-refractivity contribution < 1.29 is 16.8 Å². The molecular weight excluding hydrogens is 460 g/mol. The van der Waals surface area contributed by atoms with Crippen molar-refractivity contribution >= 4 is 31.7 Å². The second kappa shape index (κ2) is 7.98. The minimum atomic E-state index is -3.81. The summed E-state index contributed by atoms with van der Waals surface area (Å²) in [6, 6.07) is 19.7. The molecule has 0 unspecified atom stereocenters. The molecule has 0 radical (unpaired) electrons. The summed E-state index contributed by atoms with van der Waals surface area (Å²) in [6.45, 7) is 0. The van der Waals surface area contributed by atoms with E-state index in [4.69, 9.17) is 0 Å². The number of fused-ring (bicyclic) bond motifs is 3. The van der Waals surface area contributed by atoms with Gasteiger partial charge in [-0.05, 0) is 77.2 Å². The molecule has 0 saturated carbocycles. The Bertz CT molecular complexity index is 1440. The van der Waals surface area contributed by atoms with E-state index >= 15 is 0 Å². The Balaban J connectivity index is 1.42. The summed E-state index contributed by atoms with van der Waals surface area (Å²) in [5.74, 6) is 0.466. The molecule has 5 rings (SSSR count). The smallest absolute Gasteiger partial charge is 0.263 e. The van der Waals surface area contributed by atoms with Gasteiger partial charge in [-0.3, -0.25) is 9.44 Å². The minimum Gasteiger partial charge on any atom is -0.263 e. The number of rotatable bonds is 6. The van der Waals surface area contributed by atoms with Crippen LogP contribution in [0.5, 0.6) is 0 Å². The lowest BCUT2D eigenvalue weighted by molar-refractivity contribution is 0.599. The van der Waals surface area contributed by atoms with Gasteiger partial charge in [0.1, 0.15) is 11.6 Å². The Morgan fingerprint density at radius 2 is 1.06 bits per heavy atom. The molecule has 0 saturated heterocycles. The van der Waals surface area contributed by atoms with Gasteiger partial charge >= 0.3 is 0 Å². The molecular formula is C23H18N4O4S2. The maximum Gasteiger partial charge on any atom is 0.263 e. The summed E-state index contributed by atoms with van der Waals surface area (Å²) in [4.78, 5) is 8.23. The molecule has 166 valence electrons. The van der Waals surface area contributed by atoms with Crippen molar-refractivity contribution in [3.63, 3.8) is 0 Å². The molecule has 2 aromatic carbocycles. The monoisotopic (exact) mass is 478 g/mol. The van der Waals surface area contributed by atoms with Crippen molar-refractivity contribution in [3.8, 4) is 11.1 Å². The highest BCUT2D eigenvalue weighted by molar-refractivity contribution is 7.93. The third-order valence-corrected chi connectivity index (χ3v) is 7.96. The fourth-order valence-corrected chi connectivity index (χ4v) is 5.85. The van der Waals surface area contributed by atoms with E-state index in [0.717, 1.165) is 22.3 Å². The number of nitrogens with one attached hydrogen (secondary N) is 2. The SMILES string of the molecule is O=S(=O)(Nc1ccccn1)c1ccc2c(c1)Cc1cc(S(=O)(=O)Nc3ccccn3)ccc1-2. The molecule has 0 spiro atoms. The van der Waals surface area contributed by atoms with E-state index in [2.05, 4.69) is 19.4 Å². The maximum absolute atomic E-state index is 12.8. The molecule has 4 aromatic rings. The second-order valence-electron chi connectivity index (χ2n) is 7.46. The first-order valence-corrected chi connectivity index (χ1v) is 12.9. The number of anilines is 2. The van der Waals surface area contributed by atoms with Crippen LogP contribution < -0.4 is 9.44 Å². The van der Waals surface area contributed by atoms with Crippen LogP contribution in [0.3, 0.4) is 0 Å². The zero-order valence-corrected chi connectivity index (χ0v) is 18.8. The standard InChI is InChI=1S/C23H18N4O4S2/c28-32(29,26-22-5-1-3-11-24-22)18-7-9-20-16(14-18)13-17-15-19(8-10-21(17)20)33(30,31)27-23-6-2-4-12-25-23/h1-12,14-15H,13H2,(H,24,26)(H,25,27). The molecule has 0 bridgehead atoms. The molecule has 0 fully saturated rings. The largest absolute Gasteiger partial charge is 0.263 e. The first kappa shape index (κ1) is 21.1. The van der Waals surface area contributed by atoms with E-state index in [1.165, 1.54) is 24.5 Å². The van der Waals surface area contributed by atoms with Crippen LogP contribution in [0.15, 0.2) is 95.0 Å². The predicted molar refractivity (Wildman–Crippen MR) is 125 cm³/mol. The molecule has 0 atom stereocenters. The van der Waals surface area contributed by atoms with Gasteiger partial charge in [0.2, 0.25) is 0 Å². The van der Waals surface area contributed by atoms with Gasteiger partial charge in [-0.15, -0.1) is 0 Å². The molecule has 2 aromatic heterocycles. The van der Waals surface area contributed by atoms with Gasteiger partial charge in [-0.25, -0.2) is 26.8 Å². The lowest BCUT2D eigenvalue weighted by Gasteiger charge is -2.09. The summed E-state index contributed by atoms with van der Waals surface area (Å²) < 4.78 is 56.1. The topological polar surface area (TPSA) is 118 Å². The van der Waals surface area contributed by atoms with E-state index in [9.17, 15) is 16.8 Å². The summed E-state index contributed by atoms with van der Waals surface area (Å²) in [6.07, 6.45) is 3.43. The summed E-state index contributed by atoms with van der Waals surface area (Å²) in [5.41, 5.74) is 3.37. The Labute approximate surface area is 191 Å². The minimum absolute atomic E-state index is 0.115. The zero-order valence-electron chi connectivity index (χ0n) is 17.1. The normalized spacial score (nSPS) is 12.6. The molecule has 1 aliphatic rings. The predicted octanol–water partition coefficient (Wildman–Crippen LogP) is 3.65. The van der Waals surface area contributed by atoms with Gasteiger partial charge in [0.25, 0.3) is 20.0 Å². The zero-order chi connectivity index (χ0) is 23.1. The quantitative estimate of drug-likeness (QED) is 0.385. The van der Waals surface area contributed by atoms with Crippen molar-refractivity contribution in [1.82, 2.24) is 9.97 Å². The van der Waals surface area contributed by atoms with Crippen LogP contribution in [-0.4, -0.2) is 26.8 Å². The van der Waals surface area contributed by atoms with Crippen LogP contribution >= 0.6 is 0 Å². The Morgan fingerprint density at radius 1 is 0.606 bits per heavy atom. The van der Waals surface area contributed by atoms with Gasteiger partial charge in [0, 0.05) is 12.4 Å². The molecule has 2 N–H and O–H groups in total. The van der Waals surface area contributed by atoms with Crippen molar-refractivity contribution in [1.29, 1.82) is 0 Å². The first-order chi connectivity index (χ1) is 15.8. The Hall–Kier alpha value is -3.76. The van der Waals surface area contributed by atoms with E-state index in [-0.39, 0.29) is 21.4 Å². The molecule has 0 amide bonds. The third kappa shape index (κ3) is 4.18. The number of benzene rings is 2. The van der Waals surface area contributed by atoms with Crippen LogP contribution in [0.25, 0.3) is 11.1 Å². The Morgan fingerprint density at radius 3 is 1.45 bits per heavy atom. The van der Waals surface area contributed by atoms with Crippen LogP contribution in [0.1, 0.15) is 11.1 Å². The van der Waals surface area contributed by atoms with Crippen molar-refractivity contribution in [2.75, 3.05) is 9.44 Å². The average Bonchev–Trinajstić information content (AvgIpc) is 3.17. The van der Waals surface area contributed by atoms with Gasteiger partial charge < -0.3 is 0 Å².